The second-order valence-corrected chi connectivity index (χ2v) is 5.70. The van der Waals surface area contributed by atoms with Crippen LogP contribution in [0.15, 0.2) is 29.0 Å². The summed E-state index contributed by atoms with van der Waals surface area (Å²) < 4.78 is 5.39. The second kappa shape index (κ2) is 5.73. The summed E-state index contributed by atoms with van der Waals surface area (Å²) in [6, 6.07) is 3.90. The number of carbonyl (C=O) groups is 1. The van der Waals surface area contributed by atoms with Gasteiger partial charge in [-0.1, -0.05) is 0 Å². The maximum atomic E-state index is 12.2. The molecule has 1 aliphatic rings. The number of hydrogen-bond donors (Lipinski definition) is 1. The Morgan fingerprint density at radius 2 is 2.43 bits per heavy atom. The third kappa shape index (κ3) is 2.85. The second-order valence-electron chi connectivity index (χ2n) is 5.70. The molecule has 0 radical (unpaired) electrons. The molecule has 2 aromatic heterocycles. The number of nitrogens with zero attached hydrogens (tertiary/aromatic N) is 3. The van der Waals surface area contributed by atoms with Gasteiger partial charge >= 0.3 is 0 Å². The summed E-state index contributed by atoms with van der Waals surface area (Å²) >= 11 is 0. The minimum absolute atomic E-state index is 0.00299. The van der Waals surface area contributed by atoms with E-state index in [1.807, 2.05) is 12.1 Å². The van der Waals surface area contributed by atoms with Gasteiger partial charge in [0, 0.05) is 26.6 Å². The van der Waals surface area contributed by atoms with Crippen LogP contribution in [0.1, 0.15) is 34.2 Å². The van der Waals surface area contributed by atoms with E-state index in [1.165, 1.54) is 0 Å². The molecule has 1 amide bonds. The third-order valence-electron chi connectivity index (χ3n) is 3.95. The van der Waals surface area contributed by atoms with E-state index in [0.717, 1.165) is 37.5 Å². The first-order valence-corrected chi connectivity index (χ1v) is 7.15. The lowest BCUT2D eigenvalue weighted by molar-refractivity contribution is 0.0826. The van der Waals surface area contributed by atoms with E-state index in [9.17, 15) is 4.79 Å². The monoisotopic (exact) mass is 288 g/mol. The SMILES string of the molecule is CN(C)C(=O)c1cn[nH]c1[C@@H]1CCN(Cc2ccco2)C1. The average molecular weight is 288 g/mol. The number of likely N-dealkylation sites (tertiary alicyclic amines) is 1. The van der Waals surface area contributed by atoms with Crippen molar-refractivity contribution in [2.45, 2.75) is 18.9 Å². The molecule has 0 aliphatic carbocycles. The number of rotatable bonds is 4. The van der Waals surface area contributed by atoms with E-state index < -0.39 is 0 Å². The van der Waals surface area contributed by atoms with Gasteiger partial charge in [0.1, 0.15) is 5.76 Å². The fraction of sp³-hybridized carbons (Fsp3) is 0.467. The number of H-pyrrole nitrogens is 1. The largest absolute Gasteiger partial charge is 0.468 e. The summed E-state index contributed by atoms with van der Waals surface area (Å²) in [5.74, 6) is 1.30. The third-order valence-corrected chi connectivity index (χ3v) is 3.95. The molecule has 6 heteroatoms. The molecule has 0 aromatic carbocycles. The van der Waals surface area contributed by atoms with Crippen LogP contribution in [0.25, 0.3) is 0 Å². The van der Waals surface area contributed by atoms with E-state index in [4.69, 9.17) is 4.42 Å². The highest BCUT2D eigenvalue weighted by Crippen LogP contribution is 2.29. The molecule has 0 spiro atoms. The minimum Gasteiger partial charge on any atom is -0.468 e. The molecule has 2 aromatic rings. The first kappa shape index (κ1) is 13.9. The number of hydrogen-bond acceptors (Lipinski definition) is 4. The van der Waals surface area contributed by atoms with Crippen LogP contribution in [0, 0.1) is 0 Å². The maximum absolute atomic E-state index is 12.2. The minimum atomic E-state index is 0.00299. The molecule has 1 atom stereocenters. The van der Waals surface area contributed by atoms with Crippen molar-refractivity contribution in [3.8, 4) is 0 Å². The van der Waals surface area contributed by atoms with Crippen LogP contribution in [0.2, 0.25) is 0 Å². The van der Waals surface area contributed by atoms with Gasteiger partial charge in [-0.15, -0.1) is 0 Å². The van der Waals surface area contributed by atoms with Crippen molar-refractivity contribution in [2.24, 2.45) is 0 Å². The Bertz CT molecular complexity index is 603. The van der Waals surface area contributed by atoms with Gasteiger partial charge in [-0.05, 0) is 25.1 Å². The van der Waals surface area contributed by atoms with Gasteiger partial charge in [0.25, 0.3) is 5.91 Å². The number of aromatic amines is 1. The average Bonchev–Trinajstić information content (AvgIpc) is 3.18. The summed E-state index contributed by atoms with van der Waals surface area (Å²) in [5, 5.41) is 7.08. The number of carbonyl (C=O) groups excluding carboxylic acids is 1. The van der Waals surface area contributed by atoms with E-state index in [-0.39, 0.29) is 5.91 Å². The maximum Gasteiger partial charge on any atom is 0.256 e. The summed E-state index contributed by atoms with van der Waals surface area (Å²) in [4.78, 5) is 16.1. The molecule has 0 bridgehead atoms. The Balaban J connectivity index is 1.69. The zero-order chi connectivity index (χ0) is 14.8. The summed E-state index contributed by atoms with van der Waals surface area (Å²) in [5.41, 5.74) is 1.64. The van der Waals surface area contributed by atoms with Crippen molar-refractivity contribution in [3.05, 3.63) is 41.6 Å². The summed E-state index contributed by atoms with van der Waals surface area (Å²) in [6.45, 7) is 2.73. The van der Waals surface area contributed by atoms with Gasteiger partial charge in [0.05, 0.1) is 30.3 Å². The molecule has 0 saturated carbocycles. The highest BCUT2D eigenvalue weighted by molar-refractivity contribution is 5.94. The first-order chi connectivity index (χ1) is 10.1. The number of amides is 1. The van der Waals surface area contributed by atoms with E-state index >= 15 is 0 Å². The Morgan fingerprint density at radius 1 is 1.57 bits per heavy atom. The smallest absolute Gasteiger partial charge is 0.256 e. The van der Waals surface area contributed by atoms with E-state index in [2.05, 4.69) is 15.1 Å². The topological polar surface area (TPSA) is 65.4 Å². The highest BCUT2D eigenvalue weighted by atomic mass is 16.3. The molecule has 6 nitrogen and oxygen atoms in total. The molecule has 21 heavy (non-hydrogen) atoms. The molecule has 112 valence electrons. The van der Waals surface area contributed by atoms with Gasteiger partial charge < -0.3 is 9.32 Å². The number of nitrogens with one attached hydrogen (secondary N) is 1. The molecule has 1 N–H and O–H groups in total. The van der Waals surface area contributed by atoms with Gasteiger partial charge in [-0.2, -0.15) is 5.10 Å². The lowest BCUT2D eigenvalue weighted by Gasteiger charge is -2.15. The van der Waals surface area contributed by atoms with Crippen LogP contribution < -0.4 is 0 Å². The van der Waals surface area contributed by atoms with Crippen LogP contribution in [-0.4, -0.2) is 53.1 Å². The predicted octanol–water partition coefficient (Wildman–Crippen LogP) is 1.69. The van der Waals surface area contributed by atoms with Crippen LogP contribution in [0.4, 0.5) is 0 Å². The lowest BCUT2D eigenvalue weighted by atomic mass is 10.0. The molecule has 3 heterocycles. The van der Waals surface area contributed by atoms with Crippen LogP contribution >= 0.6 is 0 Å². The Kier molecular flexibility index (Phi) is 3.79. The zero-order valence-corrected chi connectivity index (χ0v) is 12.4. The quantitative estimate of drug-likeness (QED) is 0.930. The van der Waals surface area contributed by atoms with E-state index in [0.29, 0.717) is 11.5 Å². The van der Waals surface area contributed by atoms with Crippen molar-refractivity contribution in [1.82, 2.24) is 20.0 Å². The number of furan rings is 1. The lowest BCUT2D eigenvalue weighted by Crippen LogP contribution is -2.24. The van der Waals surface area contributed by atoms with Crippen LogP contribution in [-0.2, 0) is 6.54 Å². The molecule has 1 aliphatic heterocycles. The molecular weight excluding hydrogens is 268 g/mol. The fourth-order valence-electron chi connectivity index (χ4n) is 2.85. The van der Waals surface area contributed by atoms with E-state index in [1.54, 1.807) is 31.5 Å². The molecule has 1 saturated heterocycles. The van der Waals surface area contributed by atoms with Gasteiger partial charge in [0.2, 0.25) is 0 Å². The van der Waals surface area contributed by atoms with Gasteiger partial charge in [-0.25, -0.2) is 0 Å². The standard InChI is InChI=1S/C15H20N4O2/c1-18(2)15(20)13-8-16-17-14(13)11-5-6-19(9-11)10-12-4-3-7-21-12/h3-4,7-8,11H,5-6,9-10H2,1-2H3,(H,16,17)/t11-/m1/s1. The Labute approximate surface area is 123 Å². The zero-order valence-electron chi connectivity index (χ0n) is 12.4. The normalized spacial score (nSPS) is 19.0. The van der Waals surface area contributed by atoms with Crippen molar-refractivity contribution < 1.29 is 9.21 Å². The Morgan fingerprint density at radius 3 is 3.14 bits per heavy atom. The Hall–Kier alpha value is -2.08. The summed E-state index contributed by atoms with van der Waals surface area (Å²) in [7, 11) is 3.52. The van der Waals surface area contributed by atoms with Crippen LogP contribution in [0.3, 0.4) is 0 Å². The van der Waals surface area contributed by atoms with Gasteiger partial charge in [-0.3, -0.25) is 14.8 Å². The van der Waals surface area contributed by atoms with Crippen molar-refractivity contribution >= 4 is 5.91 Å². The predicted molar refractivity (Wildman–Crippen MR) is 77.9 cm³/mol. The van der Waals surface area contributed by atoms with Crippen molar-refractivity contribution in [3.63, 3.8) is 0 Å². The highest BCUT2D eigenvalue weighted by Gasteiger charge is 2.29. The van der Waals surface area contributed by atoms with Gasteiger partial charge in [0.15, 0.2) is 0 Å². The van der Waals surface area contributed by atoms with Crippen molar-refractivity contribution in [1.29, 1.82) is 0 Å². The van der Waals surface area contributed by atoms with Crippen LogP contribution in [0.5, 0.6) is 0 Å². The first-order valence-electron chi connectivity index (χ1n) is 7.15. The molecular formula is C15H20N4O2. The number of aromatic nitrogens is 2. The molecule has 0 unspecified atom stereocenters. The van der Waals surface area contributed by atoms with Crippen molar-refractivity contribution in [2.75, 3.05) is 27.2 Å². The summed E-state index contributed by atoms with van der Waals surface area (Å²) in [6.07, 6.45) is 4.36. The molecule has 1 fully saturated rings. The molecule has 3 rings (SSSR count). The fourth-order valence-corrected chi connectivity index (χ4v) is 2.85.